The van der Waals surface area contributed by atoms with Crippen molar-refractivity contribution in [2.45, 2.75) is 18.6 Å². The van der Waals surface area contributed by atoms with Crippen LogP contribution < -0.4 is 10.6 Å². The lowest BCUT2D eigenvalue weighted by atomic mass is 10.2. The van der Waals surface area contributed by atoms with Crippen molar-refractivity contribution in [1.29, 1.82) is 0 Å². The van der Waals surface area contributed by atoms with Gasteiger partial charge in [0.05, 0.1) is 31.8 Å². The quantitative estimate of drug-likeness (QED) is 0.790. The number of rotatable bonds is 2. The van der Waals surface area contributed by atoms with Crippen molar-refractivity contribution in [3.05, 3.63) is 35.9 Å². The smallest absolute Gasteiger partial charge is 0.192 e. The molecule has 2 aliphatic rings. The number of guanidine groups is 1. The van der Waals surface area contributed by atoms with Crippen molar-refractivity contribution in [3.8, 4) is 0 Å². The predicted molar refractivity (Wildman–Crippen MR) is 77.7 cm³/mol. The van der Waals surface area contributed by atoms with Crippen molar-refractivity contribution in [2.24, 2.45) is 4.99 Å². The average Bonchev–Trinajstić information content (AvgIpc) is 2.88. The zero-order valence-electron chi connectivity index (χ0n) is 9.43. The van der Waals surface area contributed by atoms with Crippen LogP contribution >= 0.6 is 24.0 Å². The first kappa shape index (κ1) is 12.6. The number of benzene rings is 1. The van der Waals surface area contributed by atoms with Crippen LogP contribution in [-0.2, 0) is 11.3 Å². The largest absolute Gasteiger partial charge is 0.377 e. The molecule has 0 amide bonds. The Morgan fingerprint density at radius 3 is 2.41 bits per heavy atom. The zero-order chi connectivity index (χ0) is 10.8. The highest BCUT2D eigenvalue weighted by Gasteiger charge is 2.34. The summed E-state index contributed by atoms with van der Waals surface area (Å²) in [5, 5.41) is 6.67. The molecule has 2 saturated heterocycles. The van der Waals surface area contributed by atoms with E-state index in [1.807, 2.05) is 18.2 Å². The maximum Gasteiger partial charge on any atom is 0.192 e. The van der Waals surface area contributed by atoms with E-state index in [0.29, 0.717) is 12.1 Å². The van der Waals surface area contributed by atoms with Gasteiger partial charge in [0, 0.05) is 0 Å². The molecule has 1 aromatic carbocycles. The second-order valence-electron chi connectivity index (χ2n) is 4.19. The molecule has 17 heavy (non-hydrogen) atoms. The highest BCUT2D eigenvalue weighted by atomic mass is 127. The van der Waals surface area contributed by atoms with Gasteiger partial charge in [-0.1, -0.05) is 30.3 Å². The number of aliphatic imine (C=N–C) groups is 1. The normalized spacial score (nSPS) is 28.1. The van der Waals surface area contributed by atoms with E-state index in [1.54, 1.807) is 0 Å². The SMILES string of the molecule is I.c1ccc(CN=C2N[C@H]3COC[C@H]3N2)cc1. The van der Waals surface area contributed by atoms with E-state index >= 15 is 0 Å². The Hall–Kier alpha value is -0.820. The van der Waals surface area contributed by atoms with E-state index in [1.165, 1.54) is 5.56 Å². The fraction of sp³-hybridized carbons (Fsp3) is 0.417. The summed E-state index contributed by atoms with van der Waals surface area (Å²) in [5.41, 5.74) is 1.23. The Labute approximate surface area is 118 Å². The minimum Gasteiger partial charge on any atom is -0.377 e. The molecule has 2 atom stereocenters. The summed E-state index contributed by atoms with van der Waals surface area (Å²) < 4.78 is 5.34. The summed E-state index contributed by atoms with van der Waals surface area (Å²) in [5.74, 6) is 0.905. The molecule has 2 N–H and O–H groups in total. The third kappa shape index (κ3) is 2.90. The number of hydrogen-bond acceptors (Lipinski definition) is 2. The molecule has 0 aliphatic carbocycles. The van der Waals surface area contributed by atoms with Crippen LogP contribution in [-0.4, -0.2) is 31.3 Å². The second-order valence-corrected chi connectivity index (χ2v) is 4.19. The maximum absolute atomic E-state index is 5.34. The van der Waals surface area contributed by atoms with Gasteiger partial charge in [-0.15, -0.1) is 24.0 Å². The molecule has 92 valence electrons. The summed E-state index contributed by atoms with van der Waals surface area (Å²) in [6, 6.07) is 11.1. The lowest BCUT2D eigenvalue weighted by molar-refractivity contribution is 0.186. The highest BCUT2D eigenvalue weighted by Crippen LogP contribution is 2.10. The van der Waals surface area contributed by atoms with E-state index in [-0.39, 0.29) is 24.0 Å². The minimum atomic E-state index is 0. The van der Waals surface area contributed by atoms with Crippen LogP contribution in [0.3, 0.4) is 0 Å². The molecular weight excluding hydrogens is 329 g/mol. The Morgan fingerprint density at radius 1 is 1.12 bits per heavy atom. The lowest BCUT2D eigenvalue weighted by Gasteiger charge is -2.03. The van der Waals surface area contributed by atoms with Gasteiger partial charge in [0.15, 0.2) is 5.96 Å². The van der Waals surface area contributed by atoms with E-state index in [0.717, 1.165) is 25.7 Å². The molecule has 2 heterocycles. The summed E-state index contributed by atoms with van der Waals surface area (Å²) in [6.45, 7) is 2.28. The van der Waals surface area contributed by atoms with E-state index in [4.69, 9.17) is 4.74 Å². The van der Waals surface area contributed by atoms with Crippen molar-refractivity contribution >= 4 is 29.9 Å². The summed E-state index contributed by atoms with van der Waals surface area (Å²) in [4.78, 5) is 4.51. The fourth-order valence-corrected chi connectivity index (χ4v) is 2.08. The van der Waals surface area contributed by atoms with Crippen LogP contribution in [0.1, 0.15) is 5.56 Å². The first-order valence-corrected chi connectivity index (χ1v) is 5.61. The van der Waals surface area contributed by atoms with E-state index < -0.39 is 0 Å². The molecule has 0 saturated carbocycles. The Balaban J connectivity index is 0.00000108. The topological polar surface area (TPSA) is 45.7 Å². The maximum atomic E-state index is 5.34. The minimum absolute atomic E-state index is 0. The van der Waals surface area contributed by atoms with E-state index in [2.05, 4.69) is 27.8 Å². The molecule has 4 nitrogen and oxygen atoms in total. The molecule has 5 heteroatoms. The zero-order valence-corrected chi connectivity index (χ0v) is 11.8. The molecule has 0 aromatic heterocycles. The number of halogens is 1. The van der Waals surface area contributed by atoms with Crippen LogP contribution in [0, 0.1) is 0 Å². The summed E-state index contributed by atoms with van der Waals surface area (Å²) >= 11 is 0. The molecule has 2 aliphatic heterocycles. The Kier molecular flexibility index (Phi) is 4.22. The van der Waals surface area contributed by atoms with Gasteiger partial charge in [0.2, 0.25) is 0 Å². The van der Waals surface area contributed by atoms with Gasteiger partial charge in [-0.2, -0.15) is 0 Å². The first-order chi connectivity index (χ1) is 7.92. The fourth-order valence-electron chi connectivity index (χ4n) is 2.08. The van der Waals surface area contributed by atoms with Crippen molar-refractivity contribution in [1.82, 2.24) is 10.6 Å². The van der Waals surface area contributed by atoms with Crippen LogP contribution in [0.5, 0.6) is 0 Å². The standard InChI is InChI=1S/C12H15N3O.HI/c1-2-4-9(5-3-1)6-13-12-14-10-7-16-8-11(10)15-12;/h1-5,10-11H,6-8H2,(H2,13,14,15);1H/t10-,11+;. The first-order valence-electron chi connectivity index (χ1n) is 5.61. The monoisotopic (exact) mass is 345 g/mol. The van der Waals surface area contributed by atoms with Crippen molar-refractivity contribution in [3.63, 3.8) is 0 Å². The van der Waals surface area contributed by atoms with Crippen molar-refractivity contribution in [2.75, 3.05) is 13.2 Å². The van der Waals surface area contributed by atoms with Gasteiger partial charge in [0.1, 0.15) is 0 Å². The Bertz CT molecular complexity index is 382. The third-order valence-electron chi connectivity index (χ3n) is 2.99. The number of hydrogen-bond donors (Lipinski definition) is 2. The predicted octanol–water partition coefficient (Wildman–Crippen LogP) is 1.12. The summed E-state index contributed by atoms with van der Waals surface area (Å²) in [6.07, 6.45) is 0. The van der Waals surface area contributed by atoms with Gasteiger partial charge in [-0.3, -0.25) is 0 Å². The number of nitrogens with zero attached hydrogens (tertiary/aromatic N) is 1. The van der Waals surface area contributed by atoms with Crippen LogP contribution in [0.4, 0.5) is 0 Å². The number of nitrogens with one attached hydrogen (secondary N) is 2. The van der Waals surface area contributed by atoms with Gasteiger partial charge in [-0.25, -0.2) is 4.99 Å². The van der Waals surface area contributed by atoms with Crippen LogP contribution in [0.25, 0.3) is 0 Å². The van der Waals surface area contributed by atoms with Crippen LogP contribution in [0.2, 0.25) is 0 Å². The molecule has 2 fully saturated rings. The van der Waals surface area contributed by atoms with Gasteiger partial charge < -0.3 is 15.4 Å². The number of fused-ring (bicyclic) bond motifs is 1. The van der Waals surface area contributed by atoms with E-state index in [9.17, 15) is 0 Å². The number of ether oxygens (including phenoxy) is 1. The van der Waals surface area contributed by atoms with Crippen LogP contribution in [0.15, 0.2) is 35.3 Å². The summed E-state index contributed by atoms with van der Waals surface area (Å²) in [7, 11) is 0. The van der Waals surface area contributed by atoms with Gasteiger partial charge in [-0.05, 0) is 5.56 Å². The molecule has 0 bridgehead atoms. The average molecular weight is 345 g/mol. The molecule has 0 unspecified atom stereocenters. The van der Waals surface area contributed by atoms with Gasteiger partial charge in [0.25, 0.3) is 0 Å². The molecule has 1 aromatic rings. The lowest BCUT2D eigenvalue weighted by Crippen LogP contribution is -2.31. The molecule has 0 spiro atoms. The second kappa shape index (κ2) is 5.68. The molecular formula is C12H16IN3O. The van der Waals surface area contributed by atoms with Gasteiger partial charge >= 0.3 is 0 Å². The highest BCUT2D eigenvalue weighted by molar-refractivity contribution is 14.0. The molecule has 0 radical (unpaired) electrons. The van der Waals surface area contributed by atoms with Crippen molar-refractivity contribution < 1.29 is 4.74 Å². The third-order valence-corrected chi connectivity index (χ3v) is 2.99. The molecule has 3 rings (SSSR count). The Morgan fingerprint density at radius 2 is 1.76 bits per heavy atom.